The second-order valence-corrected chi connectivity index (χ2v) is 2.91. The predicted octanol–water partition coefficient (Wildman–Crippen LogP) is 2.18. The van der Waals surface area contributed by atoms with Crippen molar-refractivity contribution in [2.45, 2.75) is 12.8 Å². The van der Waals surface area contributed by atoms with Crippen LogP contribution in [-0.2, 0) is 0 Å². The van der Waals surface area contributed by atoms with E-state index in [1.807, 2.05) is 12.1 Å². The number of hydrogen-bond donors (Lipinski definition) is 1. The summed E-state index contributed by atoms with van der Waals surface area (Å²) < 4.78 is 5.05. The molecular weight excluding hydrogens is 186 g/mol. The van der Waals surface area contributed by atoms with Crippen LogP contribution in [0.1, 0.15) is 18.4 Å². The molecule has 0 aliphatic carbocycles. The fraction of sp³-hybridized carbons (Fsp3) is 0.400. The minimum atomic E-state index is 0. The highest BCUT2D eigenvalue weighted by Crippen LogP contribution is 2.17. The third-order valence-electron chi connectivity index (χ3n) is 2.04. The molecule has 1 rings (SSSR count). The first-order valence-electron chi connectivity index (χ1n) is 4.12. The van der Waals surface area contributed by atoms with E-state index < -0.39 is 0 Å². The van der Waals surface area contributed by atoms with Crippen LogP contribution in [0.5, 0.6) is 5.75 Å². The number of halogens is 1. The average molecular weight is 202 g/mol. The highest BCUT2D eigenvalue weighted by atomic mass is 35.5. The first-order chi connectivity index (χ1) is 5.77. The molecule has 0 aromatic heterocycles. The van der Waals surface area contributed by atoms with E-state index >= 15 is 0 Å². The van der Waals surface area contributed by atoms with Crippen LogP contribution in [0, 0.1) is 0 Å². The molecule has 0 spiro atoms. The van der Waals surface area contributed by atoms with Crippen molar-refractivity contribution < 1.29 is 4.74 Å². The van der Waals surface area contributed by atoms with Gasteiger partial charge < -0.3 is 10.5 Å². The highest BCUT2D eigenvalue weighted by Gasteiger charge is 2.01. The van der Waals surface area contributed by atoms with Gasteiger partial charge in [0, 0.05) is 0 Å². The molecule has 74 valence electrons. The first-order valence-corrected chi connectivity index (χ1v) is 4.12. The summed E-state index contributed by atoms with van der Waals surface area (Å²) in [6.07, 6.45) is 0. The molecule has 0 amide bonds. The molecule has 1 atom stereocenters. The smallest absolute Gasteiger partial charge is 0.118 e. The number of rotatable bonds is 3. The molecule has 0 aliphatic rings. The molecule has 3 heteroatoms. The van der Waals surface area contributed by atoms with Crippen LogP contribution in [0.3, 0.4) is 0 Å². The monoisotopic (exact) mass is 201 g/mol. The number of methoxy groups -OCH3 is 1. The summed E-state index contributed by atoms with van der Waals surface area (Å²) in [5.74, 6) is 1.32. The van der Waals surface area contributed by atoms with Crippen molar-refractivity contribution >= 4 is 12.4 Å². The van der Waals surface area contributed by atoms with Gasteiger partial charge in [-0.25, -0.2) is 0 Å². The molecule has 13 heavy (non-hydrogen) atoms. The van der Waals surface area contributed by atoms with Crippen molar-refractivity contribution in [2.75, 3.05) is 13.7 Å². The van der Waals surface area contributed by atoms with E-state index in [9.17, 15) is 0 Å². The van der Waals surface area contributed by atoms with Gasteiger partial charge in [-0.2, -0.15) is 0 Å². The van der Waals surface area contributed by atoms with E-state index in [0.717, 1.165) is 5.75 Å². The molecule has 1 aromatic rings. The van der Waals surface area contributed by atoms with Crippen LogP contribution in [0.2, 0.25) is 0 Å². The lowest BCUT2D eigenvalue weighted by atomic mass is 10.0. The minimum Gasteiger partial charge on any atom is -0.497 e. The molecule has 2 nitrogen and oxygen atoms in total. The Balaban J connectivity index is 0.00000144. The summed E-state index contributed by atoms with van der Waals surface area (Å²) in [7, 11) is 1.67. The minimum absolute atomic E-state index is 0. The zero-order valence-electron chi connectivity index (χ0n) is 7.99. The van der Waals surface area contributed by atoms with Gasteiger partial charge in [-0.05, 0) is 30.2 Å². The summed E-state index contributed by atoms with van der Waals surface area (Å²) >= 11 is 0. The van der Waals surface area contributed by atoms with Gasteiger partial charge in [0.25, 0.3) is 0 Å². The Labute approximate surface area is 85.5 Å². The summed E-state index contributed by atoms with van der Waals surface area (Å²) in [6, 6.07) is 8.02. The molecule has 1 aromatic carbocycles. The fourth-order valence-corrected chi connectivity index (χ4v) is 1.07. The number of hydrogen-bond acceptors (Lipinski definition) is 2. The van der Waals surface area contributed by atoms with Crippen LogP contribution in [-0.4, -0.2) is 13.7 Å². The Bertz CT molecular complexity index is 235. The van der Waals surface area contributed by atoms with Gasteiger partial charge in [-0.3, -0.25) is 0 Å². The zero-order chi connectivity index (χ0) is 8.97. The summed E-state index contributed by atoms with van der Waals surface area (Å²) in [5.41, 5.74) is 6.81. The zero-order valence-corrected chi connectivity index (χ0v) is 8.80. The Morgan fingerprint density at radius 3 is 2.23 bits per heavy atom. The molecular formula is C10H16ClNO. The molecule has 0 unspecified atom stereocenters. The quantitative estimate of drug-likeness (QED) is 0.814. The van der Waals surface area contributed by atoms with Crippen molar-refractivity contribution in [2.24, 2.45) is 5.73 Å². The number of nitrogens with two attached hydrogens (primary N) is 1. The van der Waals surface area contributed by atoms with Crippen molar-refractivity contribution in [1.82, 2.24) is 0 Å². The average Bonchev–Trinajstić information content (AvgIpc) is 2.17. The van der Waals surface area contributed by atoms with Crippen molar-refractivity contribution in [3.8, 4) is 5.75 Å². The largest absolute Gasteiger partial charge is 0.497 e. The predicted molar refractivity (Wildman–Crippen MR) is 57.7 cm³/mol. The molecule has 0 bridgehead atoms. The van der Waals surface area contributed by atoms with E-state index in [4.69, 9.17) is 10.5 Å². The third-order valence-corrected chi connectivity index (χ3v) is 2.04. The van der Waals surface area contributed by atoms with Gasteiger partial charge in [-0.15, -0.1) is 12.4 Å². The molecule has 2 N–H and O–H groups in total. The maximum absolute atomic E-state index is 5.54. The van der Waals surface area contributed by atoms with E-state index in [1.165, 1.54) is 5.56 Å². The lowest BCUT2D eigenvalue weighted by Gasteiger charge is -2.08. The van der Waals surface area contributed by atoms with E-state index in [1.54, 1.807) is 7.11 Å². The Kier molecular flexibility index (Phi) is 5.51. The van der Waals surface area contributed by atoms with Gasteiger partial charge >= 0.3 is 0 Å². The molecule has 0 fully saturated rings. The summed E-state index contributed by atoms with van der Waals surface area (Å²) in [6.45, 7) is 2.80. The standard InChI is InChI=1S/C10H15NO.ClH/c1-8(7-11)9-3-5-10(12-2)6-4-9;/h3-6,8H,7,11H2,1-2H3;1H/t8-;/m1./s1. The van der Waals surface area contributed by atoms with Crippen molar-refractivity contribution in [1.29, 1.82) is 0 Å². The van der Waals surface area contributed by atoms with Crippen LogP contribution in [0.15, 0.2) is 24.3 Å². The van der Waals surface area contributed by atoms with Crippen molar-refractivity contribution in [3.63, 3.8) is 0 Å². The summed E-state index contributed by atoms with van der Waals surface area (Å²) in [4.78, 5) is 0. The van der Waals surface area contributed by atoms with Crippen LogP contribution >= 0.6 is 12.4 Å². The molecule has 0 saturated carbocycles. The van der Waals surface area contributed by atoms with Gasteiger partial charge in [0.15, 0.2) is 0 Å². The highest BCUT2D eigenvalue weighted by molar-refractivity contribution is 5.85. The topological polar surface area (TPSA) is 35.2 Å². The molecule has 0 aliphatic heterocycles. The first kappa shape index (κ1) is 12.3. The molecule has 0 heterocycles. The van der Waals surface area contributed by atoms with Crippen LogP contribution < -0.4 is 10.5 Å². The Hall–Kier alpha value is -0.730. The van der Waals surface area contributed by atoms with Gasteiger partial charge in [0.2, 0.25) is 0 Å². The third kappa shape index (κ3) is 3.25. The second-order valence-electron chi connectivity index (χ2n) is 2.91. The lowest BCUT2D eigenvalue weighted by molar-refractivity contribution is 0.414. The fourth-order valence-electron chi connectivity index (χ4n) is 1.07. The number of benzene rings is 1. The second kappa shape index (κ2) is 5.84. The van der Waals surface area contributed by atoms with Crippen molar-refractivity contribution in [3.05, 3.63) is 29.8 Å². The van der Waals surface area contributed by atoms with E-state index in [-0.39, 0.29) is 12.4 Å². The Morgan fingerprint density at radius 1 is 1.31 bits per heavy atom. The van der Waals surface area contributed by atoms with Gasteiger partial charge in [-0.1, -0.05) is 19.1 Å². The van der Waals surface area contributed by atoms with Gasteiger partial charge in [0.05, 0.1) is 7.11 Å². The van der Waals surface area contributed by atoms with E-state index in [0.29, 0.717) is 12.5 Å². The molecule has 0 saturated heterocycles. The maximum Gasteiger partial charge on any atom is 0.118 e. The number of ether oxygens (including phenoxy) is 1. The normalized spacial score (nSPS) is 11.6. The lowest BCUT2D eigenvalue weighted by Crippen LogP contribution is -2.08. The maximum atomic E-state index is 5.54. The van der Waals surface area contributed by atoms with Crippen LogP contribution in [0.4, 0.5) is 0 Å². The van der Waals surface area contributed by atoms with E-state index in [2.05, 4.69) is 19.1 Å². The summed E-state index contributed by atoms with van der Waals surface area (Å²) in [5, 5.41) is 0. The SMILES string of the molecule is COc1ccc([C@H](C)CN)cc1.Cl. The Morgan fingerprint density at radius 2 is 1.85 bits per heavy atom. The van der Waals surface area contributed by atoms with Crippen LogP contribution in [0.25, 0.3) is 0 Å². The molecule has 0 radical (unpaired) electrons. The van der Waals surface area contributed by atoms with Gasteiger partial charge in [0.1, 0.15) is 5.75 Å².